The van der Waals surface area contributed by atoms with Gasteiger partial charge in [0.2, 0.25) is 0 Å². The Bertz CT molecular complexity index is 1500. The van der Waals surface area contributed by atoms with E-state index in [-0.39, 0.29) is 0 Å². The molecule has 0 radical (unpaired) electrons. The van der Waals surface area contributed by atoms with Crippen molar-refractivity contribution in [2.24, 2.45) is 0 Å². The molecule has 0 aliphatic rings. The van der Waals surface area contributed by atoms with Crippen molar-refractivity contribution >= 4 is 86.7 Å². The summed E-state index contributed by atoms with van der Waals surface area (Å²) in [5.74, 6) is 0. The first-order valence-electron chi connectivity index (χ1n) is 12.6. The minimum Gasteiger partial charge on any atom is -0.310 e. The van der Waals surface area contributed by atoms with Gasteiger partial charge in [-0.25, -0.2) is 0 Å². The molecule has 0 bridgehead atoms. The summed E-state index contributed by atoms with van der Waals surface area (Å²) in [7, 11) is -2.76. The summed E-state index contributed by atoms with van der Waals surface area (Å²) in [6.07, 6.45) is 0. The second-order valence-corrected chi connectivity index (χ2v) is 23.4. The zero-order valence-corrected chi connectivity index (χ0v) is 25.8. The van der Waals surface area contributed by atoms with Crippen LogP contribution < -0.4 is 15.3 Å². The van der Waals surface area contributed by atoms with Crippen LogP contribution in [0.3, 0.4) is 0 Å². The molecule has 5 aromatic rings. The molecule has 4 aromatic carbocycles. The van der Waals surface area contributed by atoms with Gasteiger partial charge >= 0.3 is 0 Å². The summed E-state index contributed by atoms with van der Waals surface area (Å²) in [6, 6.07) is 29.3. The predicted molar refractivity (Wildman–Crippen MR) is 170 cm³/mol. The van der Waals surface area contributed by atoms with Gasteiger partial charge in [0.15, 0.2) is 0 Å². The van der Waals surface area contributed by atoms with Crippen molar-refractivity contribution in [3.05, 3.63) is 89.4 Å². The Morgan fingerprint density at radius 3 is 1.69 bits per heavy atom. The summed E-state index contributed by atoms with van der Waals surface area (Å²) < 4.78 is 2.55. The Morgan fingerprint density at radius 2 is 1.19 bits per heavy atom. The molecule has 5 heteroatoms. The van der Waals surface area contributed by atoms with E-state index >= 15 is 0 Å². The van der Waals surface area contributed by atoms with Gasteiger partial charge in [0, 0.05) is 42.3 Å². The fourth-order valence-corrected chi connectivity index (χ4v) is 8.68. The SMILES string of the molecule is Cc1cc(N(c2ccc([Si](C)(C)C)cc2)c2ccc([Si](C)(C)C)cc2)cc2c1sc1cccc(Cl)c12. The minimum absolute atomic E-state index is 0.820. The summed E-state index contributed by atoms with van der Waals surface area (Å²) in [6.45, 7) is 16.6. The lowest BCUT2D eigenvalue weighted by atomic mass is 10.1. The maximum Gasteiger partial charge on any atom is 0.0775 e. The van der Waals surface area contributed by atoms with E-state index in [4.69, 9.17) is 11.6 Å². The van der Waals surface area contributed by atoms with E-state index in [2.05, 4.69) is 118 Å². The molecule has 0 unspecified atom stereocenters. The zero-order valence-electron chi connectivity index (χ0n) is 22.2. The first kappa shape index (κ1) is 25.3. The number of rotatable bonds is 5. The summed E-state index contributed by atoms with van der Waals surface area (Å²) in [5, 5.41) is 6.16. The van der Waals surface area contributed by atoms with E-state index in [1.54, 1.807) is 0 Å². The fourth-order valence-electron chi connectivity index (χ4n) is 4.83. The molecule has 0 atom stereocenters. The highest BCUT2D eigenvalue weighted by atomic mass is 35.5. The first-order chi connectivity index (χ1) is 16.9. The lowest BCUT2D eigenvalue weighted by Gasteiger charge is -2.28. The van der Waals surface area contributed by atoms with Crippen molar-refractivity contribution in [1.82, 2.24) is 0 Å². The third-order valence-corrected chi connectivity index (χ3v) is 12.7. The van der Waals surface area contributed by atoms with Crippen molar-refractivity contribution in [2.45, 2.75) is 46.2 Å². The quantitative estimate of drug-likeness (QED) is 0.199. The van der Waals surface area contributed by atoms with Crippen molar-refractivity contribution in [2.75, 3.05) is 4.90 Å². The standard InChI is InChI=1S/C31H34ClNSSi2/c1-21-19-24(20-27-30-28(32)9-8-10-29(30)34-31(21)27)33(22-11-15-25(16-12-22)35(2,3)4)23-13-17-26(18-14-23)36(5,6)7/h8-20H,1-7H3. The number of fused-ring (bicyclic) bond motifs is 3. The fraction of sp³-hybridized carbons (Fsp3) is 0.226. The van der Waals surface area contributed by atoms with Crippen LogP contribution in [0.5, 0.6) is 0 Å². The van der Waals surface area contributed by atoms with E-state index in [9.17, 15) is 0 Å². The lowest BCUT2D eigenvalue weighted by molar-refractivity contribution is 1.28. The van der Waals surface area contributed by atoms with Gasteiger partial charge in [0.25, 0.3) is 0 Å². The third-order valence-electron chi connectivity index (χ3n) is 6.96. The molecule has 0 amide bonds. The van der Waals surface area contributed by atoms with Crippen LogP contribution in [0.2, 0.25) is 44.3 Å². The molecule has 0 aliphatic heterocycles. The maximum absolute atomic E-state index is 6.72. The molecule has 36 heavy (non-hydrogen) atoms. The molecule has 0 N–H and O–H groups in total. The maximum atomic E-state index is 6.72. The van der Waals surface area contributed by atoms with E-state index in [1.165, 1.54) is 47.8 Å². The number of nitrogens with zero attached hydrogens (tertiary/aromatic N) is 1. The van der Waals surface area contributed by atoms with E-state index < -0.39 is 16.1 Å². The Kier molecular flexibility index (Phi) is 6.44. The zero-order chi connectivity index (χ0) is 25.8. The normalized spacial score (nSPS) is 12.4. The van der Waals surface area contributed by atoms with Gasteiger partial charge < -0.3 is 4.90 Å². The first-order valence-corrected chi connectivity index (χ1v) is 20.8. The van der Waals surface area contributed by atoms with Crippen LogP contribution in [0.25, 0.3) is 20.2 Å². The van der Waals surface area contributed by atoms with Crippen molar-refractivity contribution < 1.29 is 0 Å². The third kappa shape index (κ3) is 4.68. The highest BCUT2D eigenvalue weighted by Crippen LogP contribution is 2.44. The summed E-state index contributed by atoms with van der Waals surface area (Å²) in [4.78, 5) is 2.40. The number of aryl methyl sites for hydroxylation is 1. The number of hydrogen-bond donors (Lipinski definition) is 0. The topological polar surface area (TPSA) is 3.24 Å². The van der Waals surface area contributed by atoms with Crippen LogP contribution in [0.1, 0.15) is 5.56 Å². The summed E-state index contributed by atoms with van der Waals surface area (Å²) in [5.41, 5.74) is 4.81. The van der Waals surface area contributed by atoms with Crippen LogP contribution in [0.15, 0.2) is 78.9 Å². The van der Waals surface area contributed by atoms with Gasteiger partial charge in [-0.2, -0.15) is 0 Å². The summed E-state index contributed by atoms with van der Waals surface area (Å²) >= 11 is 8.55. The molecule has 184 valence electrons. The molecule has 1 heterocycles. The minimum atomic E-state index is -1.38. The number of halogens is 1. The molecular formula is C31H34ClNSSi2. The Morgan fingerprint density at radius 1 is 0.667 bits per heavy atom. The molecule has 0 saturated carbocycles. The van der Waals surface area contributed by atoms with E-state index in [0.29, 0.717) is 0 Å². The smallest absolute Gasteiger partial charge is 0.0775 e. The van der Waals surface area contributed by atoms with E-state index in [1.807, 2.05) is 23.5 Å². The van der Waals surface area contributed by atoms with Gasteiger partial charge in [-0.05, 0) is 61.0 Å². The Labute approximate surface area is 226 Å². The Hall–Kier alpha value is -2.38. The second kappa shape index (κ2) is 9.18. The van der Waals surface area contributed by atoms with Crippen LogP contribution in [0.4, 0.5) is 17.1 Å². The van der Waals surface area contributed by atoms with Gasteiger partial charge in [-0.3, -0.25) is 0 Å². The van der Waals surface area contributed by atoms with Crippen LogP contribution in [-0.2, 0) is 0 Å². The van der Waals surface area contributed by atoms with Crippen LogP contribution in [0, 0.1) is 6.92 Å². The molecule has 1 aromatic heterocycles. The number of thiophene rings is 1. The van der Waals surface area contributed by atoms with Crippen molar-refractivity contribution in [1.29, 1.82) is 0 Å². The molecule has 0 spiro atoms. The van der Waals surface area contributed by atoms with Crippen molar-refractivity contribution in [3.63, 3.8) is 0 Å². The van der Waals surface area contributed by atoms with Gasteiger partial charge in [0.05, 0.1) is 16.1 Å². The van der Waals surface area contributed by atoms with Gasteiger partial charge in [0.1, 0.15) is 0 Å². The predicted octanol–water partition coefficient (Wildman–Crippen LogP) is 9.58. The number of benzene rings is 4. The molecule has 0 fully saturated rings. The molecule has 5 rings (SSSR count). The number of anilines is 3. The molecule has 0 saturated heterocycles. The monoisotopic (exact) mass is 543 g/mol. The molecular weight excluding hydrogens is 510 g/mol. The van der Waals surface area contributed by atoms with E-state index in [0.717, 1.165) is 10.4 Å². The van der Waals surface area contributed by atoms with Crippen LogP contribution >= 0.6 is 22.9 Å². The highest BCUT2D eigenvalue weighted by Gasteiger charge is 2.21. The number of hydrogen-bond acceptors (Lipinski definition) is 2. The highest BCUT2D eigenvalue weighted by molar-refractivity contribution is 7.26. The Balaban J connectivity index is 1.73. The average Bonchev–Trinajstić information content (AvgIpc) is 3.19. The average molecular weight is 544 g/mol. The molecule has 1 nitrogen and oxygen atoms in total. The van der Waals surface area contributed by atoms with Crippen molar-refractivity contribution in [3.8, 4) is 0 Å². The van der Waals surface area contributed by atoms with Crippen LogP contribution in [-0.4, -0.2) is 16.1 Å². The largest absolute Gasteiger partial charge is 0.310 e. The van der Waals surface area contributed by atoms with Gasteiger partial charge in [-0.15, -0.1) is 11.3 Å². The molecule has 0 aliphatic carbocycles. The second-order valence-electron chi connectivity index (χ2n) is 11.8. The van der Waals surface area contributed by atoms with Gasteiger partial charge in [-0.1, -0.05) is 91.6 Å². The lowest BCUT2D eigenvalue weighted by Crippen LogP contribution is -2.37.